The van der Waals surface area contributed by atoms with Crippen molar-refractivity contribution in [3.8, 4) is 0 Å². The molecule has 0 bridgehead atoms. The number of aromatic nitrogens is 2. The molecule has 1 aromatic rings. The summed E-state index contributed by atoms with van der Waals surface area (Å²) in [5, 5.41) is 12.6. The van der Waals surface area contributed by atoms with Crippen LogP contribution in [0.5, 0.6) is 0 Å². The topological polar surface area (TPSA) is 58.0 Å². The number of hydrogen-bond acceptors (Lipinski definition) is 4. The summed E-state index contributed by atoms with van der Waals surface area (Å²) in [4.78, 5) is 8.54. The van der Waals surface area contributed by atoms with E-state index < -0.39 is 0 Å². The second-order valence-corrected chi connectivity index (χ2v) is 4.87. The number of aryl methyl sites for hydroxylation is 2. The van der Waals surface area contributed by atoms with Crippen molar-refractivity contribution in [2.45, 2.75) is 46.2 Å². The van der Waals surface area contributed by atoms with Crippen LogP contribution < -0.4 is 5.32 Å². The normalized spacial score (nSPS) is 13.9. The Kier molecular flexibility index (Phi) is 3.99. The molecule has 0 spiro atoms. The van der Waals surface area contributed by atoms with Crippen LogP contribution >= 0.6 is 0 Å². The van der Waals surface area contributed by atoms with Gasteiger partial charge in [-0.1, -0.05) is 0 Å². The highest BCUT2D eigenvalue weighted by Crippen LogP contribution is 2.17. The monoisotopic (exact) mass is 223 g/mol. The Hall–Kier alpha value is -1.00. The van der Waals surface area contributed by atoms with Gasteiger partial charge in [-0.05, 0) is 34.6 Å². The minimum absolute atomic E-state index is 0.100. The van der Waals surface area contributed by atoms with Gasteiger partial charge in [0.05, 0.1) is 6.61 Å². The average Bonchev–Trinajstić information content (AvgIpc) is 2.16. The van der Waals surface area contributed by atoms with Crippen molar-refractivity contribution in [1.29, 1.82) is 0 Å². The van der Waals surface area contributed by atoms with Gasteiger partial charge in [0, 0.05) is 29.0 Å². The van der Waals surface area contributed by atoms with E-state index in [0.717, 1.165) is 17.1 Å². The van der Waals surface area contributed by atoms with Crippen molar-refractivity contribution in [2.75, 3.05) is 6.61 Å². The lowest BCUT2D eigenvalue weighted by molar-refractivity contribution is 0.177. The fraction of sp³-hybridized carbons (Fsp3) is 0.667. The summed E-state index contributed by atoms with van der Waals surface area (Å²) in [5.74, 6) is 0.787. The summed E-state index contributed by atoms with van der Waals surface area (Å²) in [5.41, 5.74) is 1.77. The summed E-state index contributed by atoms with van der Waals surface area (Å²) < 4.78 is 0. The first kappa shape index (κ1) is 13.1. The van der Waals surface area contributed by atoms with Gasteiger partial charge in [-0.25, -0.2) is 9.97 Å². The lowest BCUT2D eigenvalue weighted by Gasteiger charge is -2.28. The number of nitrogens with zero attached hydrogens (tertiary/aromatic N) is 2. The third-order valence-corrected chi connectivity index (χ3v) is 2.61. The molecule has 0 radical (unpaired) electrons. The maximum Gasteiger partial charge on any atom is 0.125 e. The maximum atomic E-state index is 9.21. The quantitative estimate of drug-likeness (QED) is 0.812. The molecule has 4 nitrogen and oxygen atoms in total. The molecule has 0 saturated heterocycles. The van der Waals surface area contributed by atoms with Crippen LogP contribution in [-0.2, 0) is 0 Å². The molecule has 0 aliphatic carbocycles. The molecule has 0 amide bonds. The van der Waals surface area contributed by atoms with Gasteiger partial charge in [-0.15, -0.1) is 0 Å². The predicted molar refractivity (Wildman–Crippen MR) is 64.2 cm³/mol. The summed E-state index contributed by atoms with van der Waals surface area (Å²) in [6, 6.07) is 0.128. The molecular formula is C12H21N3O. The summed E-state index contributed by atoms with van der Waals surface area (Å²) in [6.07, 6.45) is 1.85. The summed E-state index contributed by atoms with van der Waals surface area (Å²) in [7, 11) is 0. The highest BCUT2D eigenvalue weighted by atomic mass is 16.3. The molecule has 1 heterocycles. The fourth-order valence-corrected chi connectivity index (χ4v) is 1.73. The van der Waals surface area contributed by atoms with Gasteiger partial charge in [0.15, 0.2) is 0 Å². The summed E-state index contributed by atoms with van der Waals surface area (Å²) >= 11 is 0. The van der Waals surface area contributed by atoms with Crippen molar-refractivity contribution in [1.82, 2.24) is 15.3 Å². The Morgan fingerprint density at radius 1 is 1.44 bits per heavy atom. The van der Waals surface area contributed by atoms with Crippen molar-refractivity contribution in [2.24, 2.45) is 0 Å². The van der Waals surface area contributed by atoms with Gasteiger partial charge in [0.25, 0.3) is 0 Å². The number of rotatable bonds is 4. The molecule has 0 aliphatic rings. The molecule has 1 rings (SSSR count). The molecule has 0 saturated carbocycles. The minimum Gasteiger partial charge on any atom is -0.394 e. The SMILES string of the molecule is Cc1ncc(C(C)NC(C)(C)CO)c(C)n1. The van der Waals surface area contributed by atoms with Crippen LogP contribution in [0.2, 0.25) is 0 Å². The fourth-order valence-electron chi connectivity index (χ4n) is 1.73. The highest BCUT2D eigenvalue weighted by molar-refractivity contribution is 5.20. The van der Waals surface area contributed by atoms with Gasteiger partial charge < -0.3 is 10.4 Å². The number of hydrogen-bond donors (Lipinski definition) is 2. The smallest absolute Gasteiger partial charge is 0.125 e. The van der Waals surface area contributed by atoms with E-state index in [0.29, 0.717) is 0 Å². The molecule has 2 N–H and O–H groups in total. The second kappa shape index (κ2) is 4.89. The van der Waals surface area contributed by atoms with E-state index in [4.69, 9.17) is 0 Å². The van der Waals surface area contributed by atoms with Crippen LogP contribution in [0, 0.1) is 13.8 Å². The second-order valence-electron chi connectivity index (χ2n) is 4.87. The zero-order valence-corrected chi connectivity index (χ0v) is 10.7. The Labute approximate surface area is 97.1 Å². The highest BCUT2D eigenvalue weighted by Gasteiger charge is 2.20. The number of aliphatic hydroxyl groups is 1. The van der Waals surface area contributed by atoms with E-state index >= 15 is 0 Å². The zero-order valence-electron chi connectivity index (χ0n) is 10.7. The first-order valence-electron chi connectivity index (χ1n) is 5.54. The van der Waals surface area contributed by atoms with Gasteiger partial charge in [0.1, 0.15) is 5.82 Å². The van der Waals surface area contributed by atoms with Gasteiger partial charge in [0.2, 0.25) is 0 Å². The van der Waals surface area contributed by atoms with Gasteiger partial charge in [-0.3, -0.25) is 0 Å². The number of nitrogens with one attached hydrogen (secondary N) is 1. The van der Waals surface area contributed by atoms with Crippen LogP contribution in [0.4, 0.5) is 0 Å². The standard InChI is InChI=1S/C12H21N3O/c1-8-11(6-13-10(3)14-8)9(2)15-12(4,5)7-16/h6,9,15-16H,7H2,1-5H3. The van der Waals surface area contributed by atoms with E-state index in [2.05, 4.69) is 22.2 Å². The van der Waals surface area contributed by atoms with E-state index in [9.17, 15) is 5.11 Å². The Morgan fingerprint density at radius 3 is 2.56 bits per heavy atom. The average molecular weight is 223 g/mol. The molecule has 1 atom stereocenters. The molecule has 4 heteroatoms. The maximum absolute atomic E-state index is 9.21. The minimum atomic E-state index is -0.295. The van der Waals surface area contributed by atoms with Crippen LogP contribution in [0.25, 0.3) is 0 Å². The first-order valence-corrected chi connectivity index (χ1v) is 5.54. The van der Waals surface area contributed by atoms with E-state index in [1.807, 2.05) is 33.9 Å². The molecule has 1 aromatic heterocycles. The molecule has 0 aliphatic heterocycles. The van der Waals surface area contributed by atoms with Crippen LogP contribution in [-0.4, -0.2) is 27.2 Å². The Bertz CT molecular complexity index is 363. The Balaban J connectivity index is 2.84. The third kappa shape index (κ3) is 3.25. The van der Waals surface area contributed by atoms with Crippen molar-refractivity contribution in [3.05, 3.63) is 23.3 Å². The molecule has 1 unspecified atom stereocenters. The van der Waals surface area contributed by atoms with Crippen molar-refractivity contribution in [3.63, 3.8) is 0 Å². The first-order chi connectivity index (χ1) is 7.35. The molecule has 0 fully saturated rings. The zero-order chi connectivity index (χ0) is 12.3. The number of aliphatic hydroxyl groups excluding tert-OH is 1. The predicted octanol–water partition coefficient (Wildman–Crippen LogP) is 1.51. The molecule has 0 aromatic carbocycles. The van der Waals surface area contributed by atoms with E-state index in [1.165, 1.54) is 0 Å². The van der Waals surface area contributed by atoms with Crippen LogP contribution in [0.1, 0.15) is 43.9 Å². The largest absolute Gasteiger partial charge is 0.394 e. The van der Waals surface area contributed by atoms with Gasteiger partial charge in [-0.2, -0.15) is 0 Å². The Morgan fingerprint density at radius 2 is 2.06 bits per heavy atom. The lowest BCUT2D eigenvalue weighted by atomic mass is 10.0. The van der Waals surface area contributed by atoms with Crippen LogP contribution in [0.15, 0.2) is 6.20 Å². The molecule has 90 valence electrons. The van der Waals surface area contributed by atoms with E-state index in [1.54, 1.807) is 0 Å². The third-order valence-electron chi connectivity index (χ3n) is 2.61. The van der Waals surface area contributed by atoms with Crippen molar-refractivity contribution >= 4 is 0 Å². The molecular weight excluding hydrogens is 202 g/mol. The van der Waals surface area contributed by atoms with E-state index in [-0.39, 0.29) is 18.2 Å². The lowest BCUT2D eigenvalue weighted by Crippen LogP contribution is -2.44. The molecule has 16 heavy (non-hydrogen) atoms. The van der Waals surface area contributed by atoms with Crippen molar-refractivity contribution < 1.29 is 5.11 Å². The van der Waals surface area contributed by atoms with Gasteiger partial charge >= 0.3 is 0 Å². The van der Waals surface area contributed by atoms with Crippen LogP contribution in [0.3, 0.4) is 0 Å². The summed E-state index contributed by atoms with van der Waals surface area (Å²) in [6.45, 7) is 9.95.